The van der Waals surface area contributed by atoms with Gasteiger partial charge in [-0.2, -0.15) is 0 Å². The number of pyridine rings is 1. The molecule has 1 unspecified atom stereocenters. The van der Waals surface area contributed by atoms with Gasteiger partial charge < -0.3 is 15.6 Å². The standard InChI is InChI=1S/C11H18N2O2/c1-8(2)15-10-4-3-5-13-11(10)9(6-12)7-14/h3-5,8-9,14H,6-7,12H2,1-2H3. The molecule has 1 rings (SSSR count). The topological polar surface area (TPSA) is 68.4 Å². The molecule has 1 heterocycles. The molecular weight excluding hydrogens is 192 g/mol. The number of nitrogens with zero attached hydrogens (tertiary/aromatic N) is 1. The third-order valence-corrected chi connectivity index (χ3v) is 2.05. The molecule has 0 radical (unpaired) electrons. The first kappa shape index (κ1) is 11.9. The van der Waals surface area contributed by atoms with Crippen molar-refractivity contribution in [1.82, 2.24) is 4.98 Å². The molecule has 1 atom stereocenters. The summed E-state index contributed by atoms with van der Waals surface area (Å²) in [6, 6.07) is 3.66. The molecule has 0 aliphatic heterocycles. The van der Waals surface area contributed by atoms with Crippen LogP contribution in [0.4, 0.5) is 0 Å². The summed E-state index contributed by atoms with van der Waals surface area (Å²) in [6.07, 6.45) is 1.77. The predicted molar refractivity (Wildman–Crippen MR) is 58.9 cm³/mol. The van der Waals surface area contributed by atoms with E-state index in [-0.39, 0.29) is 18.6 Å². The van der Waals surface area contributed by atoms with E-state index in [1.54, 1.807) is 6.20 Å². The Bertz CT molecular complexity index is 298. The molecule has 0 bridgehead atoms. The summed E-state index contributed by atoms with van der Waals surface area (Å²) in [6.45, 7) is 4.25. The average Bonchev–Trinajstić information content (AvgIpc) is 2.21. The van der Waals surface area contributed by atoms with Gasteiger partial charge in [-0.25, -0.2) is 0 Å². The minimum absolute atomic E-state index is 0.0119. The highest BCUT2D eigenvalue weighted by atomic mass is 16.5. The lowest BCUT2D eigenvalue weighted by Crippen LogP contribution is -2.19. The van der Waals surface area contributed by atoms with Gasteiger partial charge in [0.15, 0.2) is 0 Å². The van der Waals surface area contributed by atoms with Crippen LogP contribution in [0.15, 0.2) is 18.3 Å². The van der Waals surface area contributed by atoms with Gasteiger partial charge in [-0.1, -0.05) is 0 Å². The molecule has 0 spiro atoms. The Kier molecular flexibility index (Phi) is 4.52. The first-order chi connectivity index (χ1) is 7.19. The van der Waals surface area contributed by atoms with Crippen LogP contribution in [-0.4, -0.2) is 29.3 Å². The van der Waals surface area contributed by atoms with Gasteiger partial charge in [-0.15, -0.1) is 0 Å². The lowest BCUT2D eigenvalue weighted by Gasteiger charge is -2.17. The van der Waals surface area contributed by atoms with Gasteiger partial charge >= 0.3 is 0 Å². The van der Waals surface area contributed by atoms with Crippen LogP contribution in [-0.2, 0) is 0 Å². The number of rotatable bonds is 5. The van der Waals surface area contributed by atoms with Crippen LogP contribution in [0.5, 0.6) is 5.75 Å². The van der Waals surface area contributed by atoms with Crippen LogP contribution in [0, 0.1) is 0 Å². The number of aromatic nitrogens is 1. The minimum atomic E-state index is -0.153. The maximum atomic E-state index is 9.16. The molecule has 1 aromatic rings. The van der Waals surface area contributed by atoms with Crippen LogP contribution in [0.2, 0.25) is 0 Å². The van der Waals surface area contributed by atoms with Crippen molar-refractivity contribution >= 4 is 0 Å². The molecule has 15 heavy (non-hydrogen) atoms. The molecule has 4 heteroatoms. The third-order valence-electron chi connectivity index (χ3n) is 2.05. The zero-order valence-electron chi connectivity index (χ0n) is 9.18. The highest BCUT2D eigenvalue weighted by Crippen LogP contribution is 2.24. The Morgan fingerprint density at radius 3 is 2.80 bits per heavy atom. The fourth-order valence-electron chi connectivity index (χ4n) is 1.34. The van der Waals surface area contributed by atoms with E-state index < -0.39 is 0 Å². The normalized spacial score (nSPS) is 12.9. The van der Waals surface area contributed by atoms with E-state index in [4.69, 9.17) is 15.6 Å². The molecule has 0 aliphatic carbocycles. The Hall–Kier alpha value is -1.13. The van der Waals surface area contributed by atoms with Gasteiger partial charge in [-0.05, 0) is 26.0 Å². The molecule has 0 fully saturated rings. The molecule has 0 aliphatic rings. The van der Waals surface area contributed by atoms with Gasteiger partial charge in [-0.3, -0.25) is 4.98 Å². The first-order valence-corrected chi connectivity index (χ1v) is 5.11. The maximum absolute atomic E-state index is 9.16. The molecule has 84 valence electrons. The van der Waals surface area contributed by atoms with Gasteiger partial charge in [0.1, 0.15) is 5.75 Å². The van der Waals surface area contributed by atoms with Crippen molar-refractivity contribution in [3.8, 4) is 5.75 Å². The lowest BCUT2D eigenvalue weighted by molar-refractivity contribution is 0.227. The van der Waals surface area contributed by atoms with E-state index in [2.05, 4.69) is 4.98 Å². The number of aliphatic hydroxyl groups excluding tert-OH is 1. The van der Waals surface area contributed by atoms with Gasteiger partial charge in [0.2, 0.25) is 0 Å². The van der Waals surface area contributed by atoms with Crippen LogP contribution < -0.4 is 10.5 Å². The summed E-state index contributed by atoms with van der Waals surface area (Å²) >= 11 is 0. The third kappa shape index (κ3) is 3.18. The second-order valence-electron chi connectivity index (χ2n) is 3.67. The van der Waals surface area contributed by atoms with Crippen molar-refractivity contribution in [3.63, 3.8) is 0 Å². The summed E-state index contributed by atoms with van der Waals surface area (Å²) in [5, 5.41) is 9.16. The van der Waals surface area contributed by atoms with Crippen LogP contribution >= 0.6 is 0 Å². The van der Waals surface area contributed by atoms with E-state index in [1.807, 2.05) is 26.0 Å². The van der Waals surface area contributed by atoms with E-state index in [0.717, 1.165) is 5.69 Å². The second-order valence-corrected chi connectivity index (χ2v) is 3.67. The Morgan fingerprint density at radius 1 is 1.53 bits per heavy atom. The number of hydrogen-bond donors (Lipinski definition) is 2. The predicted octanol–water partition coefficient (Wildman–Crippen LogP) is 0.903. The van der Waals surface area contributed by atoms with Crippen molar-refractivity contribution in [2.75, 3.05) is 13.2 Å². The summed E-state index contributed by atoms with van der Waals surface area (Å²) in [5.74, 6) is 0.553. The van der Waals surface area contributed by atoms with Gasteiger partial charge in [0, 0.05) is 18.7 Å². The summed E-state index contributed by atoms with van der Waals surface area (Å²) in [4.78, 5) is 4.21. The number of aliphatic hydroxyl groups is 1. The molecule has 0 saturated heterocycles. The van der Waals surface area contributed by atoms with Crippen molar-refractivity contribution < 1.29 is 9.84 Å². The highest BCUT2D eigenvalue weighted by molar-refractivity contribution is 5.30. The Balaban J connectivity index is 2.94. The maximum Gasteiger partial charge on any atom is 0.141 e. The van der Waals surface area contributed by atoms with Crippen molar-refractivity contribution in [2.24, 2.45) is 5.73 Å². The molecule has 0 saturated carbocycles. The Labute approximate surface area is 90.1 Å². The fourth-order valence-corrected chi connectivity index (χ4v) is 1.34. The van der Waals surface area contributed by atoms with Gasteiger partial charge in [0.25, 0.3) is 0 Å². The molecule has 4 nitrogen and oxygen atoms in total. The SMILES string of the molecule is CC(C)Oc1cccnc1C(CN)CO. The van der Waals surface area contributed by atoms with E-state index in [9.17, 15) is 0 Å². The van der Waals surface area contributed by atoms with Crippen molar-refractivity contribution in [1.29, 1.82) is 0 Å². The summed E-state index contributed by atoms with van der Waals surface area (Å²) < 4.78 is 5.60. The highest BCUT2D eigenvalue weighted by Gasteiger charge is 2.15. The largest absolute Gasteiger partial charge is 0.489 e. The molecule has 1 aromatic heterocycles. The van der Waals surface area contributed by atoms with Gasteiger partial charge in [0.05, 0.1) is 18.4 Å². The van der Waals surface area contributed by atoms with Crippen LogP contribution in [0.3, 0.4) is 0 Å². The minimum Gasteiger partial charge on any atom is -0.489 e. The van der Waals surface area contributed by atoms with E-state index in [1.165, 1.54) is 0 Å². The molecule has 0 amide bonds. The van der Waals surface area contributed by atoms with Crippen molar-refractivity contribution in [2.45, 2.75) is 25.9 Å². The quantitative estimate of drug-likeness (QED) is 0.757. The fraction of sp³-hybridized carbons (Fsp3) is 0.545. The molecule has 0 aromatic carbocycles. The summed E-state index contributed by atoms with van der Waals surface area (Å²) in [5.41, 5.74) is 6.29. The van der Waals surface area contributed by atoms with Crippen LogP contribution in [0.1, 0.15) is 25.5 Å². The summed E-state index contributed by atoms with van der Waals surface area (Å²) in [7, 11) is 0. The zero-order chi connectivity index (χ0) is 11.3. The number of ether oxygens (including phenoxy) is 1. The zero-order valence-corrected chi connectivity index (χ0v) is 9.18. The lowest BCUT2D eigenvalue weighted by atomic mass is 10.1. The Morgan fingerprint density at radius 2 is 2.27 bits per heavy atom. The smallest absolute Gasteiger partial charge is 0.141 e. The van der Waals surface area contributed by atoms with E-state index >= 15 is 0 Å². The van der Waals surface area contributed by atoms with Crippen molar-refractivity contribution in [3.05, 3.63) is 24.0 Å². The average molecular weight is 210 g/mol. The molecular formula is C11H18N2O2. The number of hydrogen-bond acceptors (Lipinski definition) is 4. The van der Waals surface area contributed by atoms with Crippen LogP contribution in [0.25, 0.3) is 0 Å². The number of nitrogens with two attached hydrogens (primary N) is 1. The second kappa shape index (κ2) is 5.68. The first-order valence-electron chi connectivity index (χ1n) is 5.11. The molecule has 3 N–H and O–H groups in total. The monoisotopic (exact) mass is 210 g/mol. The van der Waals surface area contributed by atoms with E-state index in [0.29, 0.717) is 12.3 Å².